The zero-order chi connectivity index (χ0) is 14.7. The van der Waals surface area contributed by atoms with Crippen LogP contribution >= 0.6 is 0 Å². The van der Waals surface area contributed by atoms with Gasteiger partial charge in [0.05, 0.1) is 0 Å². The first kappa shape index (κ1) is 14.0. The molecule has 1 aliphatic rings. The van der Waals surface area contributed by atoms with Crippen LogP contribution < -0.4 is 5.76 Å². The van der Waals surface area contributed by atoms with Crippen LogP contribution in [0.2, 0.25) is 0 Å². The van der Waals surface area contributed by atoms with E-state index in [2.05, 4.69) is 10.1 Å². The molecule has 1 saturated carbocycles. The smallest absolute Gasteiger partial charge is 0.296 e. The van der Waals surface area contributed by atoms with Crippen LogP contribution in [0, 0.1) is 12.8 Å². The predicted octanol–water partition coefficient (Wildman–Crippen LogP) is 2.71. The fourth-order valence-electron chi connectivity index (χ4n) is 3.11. The van der Waals surface area contributed by atoms with E-state index in [9.17, 15) is 4.79 Å². The molecule has 0 atom stereocenters. The number of aryl methyl sites for hydroxylation is 1. The highest BCUT2D eigenvalue weighted by molar-refractivity contribution is 5.21. The number of aromatic nitrogens is 3. The van der Waals surface area contributed by atoms with Gasteiger partial charge in [-0.05, 0) is 37.3 Å². The predicted molar refractivity (Wildman–Crippen MR) is 79.1 cm³/mol. The summed E-state index contributed by atoms with van der Waals surface area (Å²) >= 11 is 0. The molecule has 3 rings (SSSR count). The summed E-state index contributed by atoms with van der Waals surface area (Å²) in [6.45, 7) is 2.70. The maximum absolute atomic E-state index is 11.9. The first-order chi connectivity index (χ1) is 10.2. The third kappa shape index (κ3) is 3.23. The molecule has 5 nitrogen and oxygen atoms in total. The van der Waals surface area contributed by atoms with Gasteiger partial charge in [0.25, 0.3) is 0 Å². The molecule has 0 radical (unpaired) electrons. The quantitative estimate of drug-likeness (QED) is 0.867. The second-order valence-corrected chi connectivity index (χ2v) is 5.90. The highest BCUT2D eigenvalue weighted by Crippen LogP contribution is 2.25. The maximum atomic E-state index is 11.9. The minimum atomic E-state index is -0.336. The standard InChI is InChI=1S/C16H21N3O2/c1-12-14(8-5-9-17-12)10-15-18-21-16(20)19(15)11-13-6-3-2-4-7-13/h5,8-9,13H,2-4,6-7,10-11H2,1H3. The number of hydrogen-bond acceptors (Lipinski definition) is 4. The van der Waals surface area contributed by atoms with Crippen molar-refractivity contribution < 1.29 is 4.52 Å². The molecule has 2 aromatic heterocycles. The molecule has 0 aromatic carbocycles. The van der Waals surface area contributed by atoms with Crippen molar-refractivity contribution in [2.75, 3.05) is 0 Å². The van der Waals surface area contributed by atoms with Crippen molar-refractivity contribution in [2.24, 2.45) is 5.92 Å². The van der Waals surface area contributed by atoms with E-state index in [1.54, 1.807) is 10.8 Å². The van der Waals surface area contributed by atoms with Gasteiger partial charge in [-0.3, -0.25) is 14.1 Å². The van der Waals surface area contributed by atoms with Crippen molar-refractivity contribution >= 4 is 0 Å². The maximum Gasteiger partial charge on any atom is 0.441 e. The largest absolute Gasteiger partial charge is 0.441 e. The van der Waals surface area contributed by atoms with Crippen molar-refractivity contribution in [3.63, 3.8) is 0 Å². The summed E-state index contributed by atoms with van der Waals surface area (Å²) in [5.74, 6) is 0.948. The Labute approximate surface area is 124 Å². The summed E-state index contributed by atoms with van der Waals surface area (Å²) in [7, 11) is 0. The normalized spacial score (nSPS) is 16.2. The molecule has 2 heterocycles. The molecular weight excluding hydrogens is 266 g/mol. The fraction of sp³-hybridized carbons (Fsp3) is 0.562. The van der Waals surface area contributed by atoms with Crippen LogP contribution in [0.4, 0.5) is 0 Å². The van der Waals surface area contributed by atoms with Crippen LogP contribution in [-0.4, -0.2) is 14.7 Å². The lowest BCUT2D eigenvalue weighted by Gasteiger charge is -2.21. The molecule has 2 aromatic rings. The lowest BCUT2D eigenvalue weighted by molar-refractivity contribution is 0.303. The van der Waals surface area contributed by atoms with Gasteiger partial charge in [0.15, 0.2) is 5.82 Å². The molecule has 0 saturated heterocycles. The Balaban J connectivity index is 1.80. The van der Waals surface area contributed by atoms with Crippen LogP contribution in [0.1, 0.15) is 49.2 Å². The molecule has 1 aliphatic carbocycles. The molecule has 0 N–H and O–H groups in total. The molecule has 21 heavy (non-hydrogen) atoms. The summed E-state index contributed by atoms with van der Waals surface area (Å²) in [5, 5.41) is 3.97. The molecule has 0 unspecified atom stereocenters. The van der Waals surface area contributed by atoms with Crippen LogP contribution in [0.5, 0.6) is 0 Å². The number of nitrogens with zero attached hydrogens (tertiary/aromatic N) is 3. The Morgan fingerprint density at radius 3 is 2.90 bits per heavy atom. The van der Waals surface area contributed by atoms with E-state index in [0.717, 1.165) is 17.8 Å². The minimum absolute atomic E-state index is 0.336. The molecule has 112 valence electrons. The van der Waals surface area contributed by atoms with Gasteiger partial charge in [-0.2, -0.15) is 0 Å². The van der Waals surface area contributed by atoms with Gasteiger partial charge < -0.3 is 0 Å². The van der Waals surface area contributed by atoms with Crippen LogP contribution in [-0.2, 0) is 13.0 Å². The zero-order valence-corrected chi connectivity index (χ0v) is 12.4. The molecule has 5 heteroatoms. The molecule has 1 fully saturated rings. The van der Waals surface area contributed by atoms with Gasteiger partial charge >= 0.3 is 5.76 Å². The van der Waals surface area contributed by atoms with E-state index in [4.69, 9.17) is 4.52 Å². The van der Waals surface area contributed by atoms with Crippen LogP contribution in [0.3, 0.4) is 0 Å². The van der Waals surface area contributed by atoms with Gasteiger partial charge in [-0.25, -0.2) is 4.79 Å². The van der Waals surface area contributed by atoms with E-state index in [-0.39, 0.29) is 5.76 Å². The van der Waals surface area contributed by atoms with E-state index in [1.807, 2.05) is 19.1 Å². The van der Waals surface area contributed by atoms with E-state index in [1.165, 1.54) is 32.1 Å². The summed E-state index contributed by atoms with van der Waals surface area (Å²) in [6.07, 6.45) is 8.61. The third-order valence-electron chi connectivity index (χ3n) is 4.39. The van der Waals surface area contributed by atoms with Gasteiger partial charge in [-0.1, -0.05) is 30.5 Å². The second kappa shape index (κ2) is 6.24. The Bertz CT molecular complexity index is 654. The van der Waals surface area contributed by atoms with Crippen molar-refractivity contribution in [1.29, 1.82) is 0 Å². The Morgan fingerprint density at radius 2 is 2.14 bits per heavy atom. The monoisotopic (exact) mass is 287 g/mol. The van der Waals surface area contributed by atoms with Crippen molar-refractivity contribution in [3.8, 4) is 0 Å². The highest BCUT2D eigenvalue weighted by atomic mass is 16.5. The van der Waals surface area contributed by atoms with Crippen molar-refractivity contribution in [3.05, 3.63) is 46.0 Å². The number of pyridine rings is 1. The molecule has 0 spiro atoms. The summed E-state index contributed by atoms with van der Waals surface area (Å²) < 4.78 is 6.60. The first-order valence-corrected chi connectivity index (χ1v) is 7.70. The van der Waals surface area contributed by atoms with E-state index < -0.39 is 0 Å². The van der Waals surface area contributed by atoms with E-state index in [0.29, 0.717) is 18.2 Å². The summed E-state index contributed by atoms with van der Waals surface area (Å²) in [4.78, 5) is 16.2. The number of hydrogen-bond donors (Lipinski definition) is 0. The Kier molecular flexibility index (Phi) is 4.18. The van der Waals surface area contributed by atoms with Gasteiger partial charge in [0, 0.05) is 24.9 Å². The topological polar surface area (TPSA) is 60.9 Å². The number of rotatable bonds is 4. The van der Waals surface area contributed by atoms with E-state index >= 15 is 0 Å². The van der Waals surface area contributed by atoms with Gasteiger partial charge in [-0.15, -0.1) is 0 Å². The summed E-state index contributed by atoms with van der Waals surface area (Å²) in [5.41, 5.74) is 2.06. The summed E-state index contributed by atoms with van der Waals surface area (Å²) in [6, 6.07) is 3.93. The minimum Gasteiger partial charge on any atom is -0.296 e. The SMILES string of the molecule is Cc1ncccc1Cc1noc(=O)n1CC1CCCCC1. The Hall–Kier alpha value is -1.91. The molecule has 0 bridgehead atoms. The average Bonchev–Trinajstić information content (AvgIpc) is 2.84. The van der Waals surface area contributed by atoms with Gasteiger partial charge in [0.1, 0.15) is 0 Å². The molecule has 0 aliphatic heterocycles. The van der Waals surface area contributed by atoms with Crippen LogP contribution in [0.15, 0.2) is 27.6 Å². The third-order valence-corrected chi connectivity index (χ3v) is 4.39. The van der Waals surface area contributed by atoms with Crippen molar-refractivity contribution in [1.82, 2.24) is 14.7 Å². The lowest BCUT2D eigenvalue weighted by Crippen LogP contribution is -2.23. The molecular formula is C16H21N3O2. The zero-order valence-electron chi connectivity index (χ0n) is 12.4. The first-order valence-electron chi connectivity index (χ1n) is 7.70. The second-order valence-electron chi connectivity index (χ2n) is 5.90. The van der Waals surface area contributed by atoms with Crippen LogP contribution in [0.25, 0.3) is 0 Å². The Morgan fingerprint density at radius 1 is 1.33 bits per heavy atom. The fourth-order valence-corrected chi connectivity index (χ4v) is 3.11. The van der Waals surface area contributed by atoms with Crippen molar-refractivity contribution in [2.45, 2.75) is 52.0 Å². The highest BCUT2D eigenvalue weighted by Gasteiger charge is 2.19. The lowest BCUT2D eigenvalue weighted by atomic mass is 9.89. The van der Waals surface area contributed by atoms with Gasteiger partial charge in [0.2, 0.25) is 0 Å². The average molecular weight is 287 g/mol. The molecule has 0 amide bonds.